The van der Waals surface area contributed by atoms with Crippen molar-refractivity contribution in [3.05, 3.63) is 93.2 Å². The van der Waals surface area contributed by atoms with E-state index < -0.39 is 0 Å². The quantitative estimate of drug-likeness (QED) is 0.377. The number of carbonyl (C=O) groups is 1. The molecule has 0 aliphatic heterocycles. The summed E-state index contributed by atoms with van der Waals surface area (Å²) in [6.07, 6.45) is 1.11. The lowest BCUT2D eigenvalue weighted by Gasteiger charge is -2.08. The number of aromatic nitrogens is 2. The summed E-state index contributed by atoms with van der Waals surface area (Å²) in [6, 6.07) is 22.4. The van der Waals surface area contributed by atoms with E-state index in [1.807, 2.05) is 41.8 Å². The summed E-state index contributed by atoms with van der Waals surface area (Å²) in [5.74, 6) is 0.0625. The number of benzene rings is 3. The zero-order chi connectivity index (χ0) is 21.5. The number of hydrogen-bond donors (Lipinski definition) is 1. The average Bonchev–Trinajstić information content (AvgIpc) is 3.26. The maximum Gasteiger partial charge on any atom is 0.305 e. The third kappa shape index (κ3) is 3.51. The molecule has 3 aromatic carbocycles. The standard InChI is InChI=1S/C26H22N2O2S/c1-16-8-10-18(11-9-16)12-13-24(29)28-17(2)25(19-6-4-3-5-7-19)20-14-21-23(15-22(20)28)31-26(30)27-21/h3-11,14-15H,12-13H2,1-2H3,(H,27,30). The van der Waals surface area contributed by atoms with Crippen LogP contribution in [0.2, 0.25) is 0 Å². The van der Waals surface area contributed by atoms with Crippen molar-refractivity contribution in [2.75, 3.05) is 0 Å². The minimum absolute atomic E-state index is 0.0625. The van der Waals surface area contributed by atoms with Crippen molar-refractivity contribution in [2.45, 2.75) is 26.7 Å². The number of rotatable bonds is 4. The summed E-state index contributed by atoms with van der Waals surface area (Å²) in [5.41, 5.74) is 7.05. The molecule has 0 saturated heterocycles. The van der Waals surface area contributed by atoms with Gasteiger partial charge in [-0.05, 0) is 43.5 Å². The lowest BCUT2D eigenvalue weighted by atomic mass is 10.0. The van der Waals surface area contributed by atoms with Crippen LogP contribution in [0.15, 0.2) is 71.5 Å². The van der Waals surface area contributed by atoms with E-state index in [4.69, 9.17) is 0 Å². The number of nitrogens with one attached hydrogen (secondary N) is 1. The lowest BCUT2D eigenvalue weighted by Crippen LogP contribution is -2.13. The number of fused-ring (bicyclic) bond motifs is 2. The first kappa shape index (κ1) is 19.5. The normalized spacial score (nSPS) is 11.4. The van der Waals surface area contributed by atoms with Gasteiger partial charge in [0.05, 0.1) is 15.7 Å². The van der Waals surface area contributed by atoms with Crippen LogP contribution in [0.1, 0.15) is 28.0 Å². The van der Waals surface area contributed by atoms with Crippen LogP contribution >= 0.6 is 11.3 Å². The Morgan fingerprint density at radius 1 is 1.00 bits per heavy atom. The molecule has 0 spiro atoms. The van der Waals surface area contributed by atoms with Crippen LogP contribution < -0.4 is 4.87 Å². The molecule has 0 bridgehead atoms. The molecule has 0 fully saturated rings. The van der Waals surface area contributed by atoms with Gasteiger partial charge in [-0.15, -0.1) is 0 Å². The minimum Gasteiger partial charge on any atom is -0.312 e. The van der Waals surface area contributed by atoms with E-state index in [0.29, 0.717) is 12.8 Å². The Morgan fingerprint density at radius 2 is 1.74 bits per heavy atom. The summed E-state index contributed by atoms with van der Waals surface area (Å²) in [6.45, 7) is 4.06. The summed E-state index contributed by atoms with van der Waals surface area (Å²) < 4.78 is 2.69. The highest BCUT2D eigenvalue weighted by Crippen LogP contribution is 2.37. The minimum atomic E-state index is -0.0853. The fraction of sp³-hybridized carbons (Fsp3) is 0.154. The molecule has 1 N–H and O–H groups in total. The average molecular weight is 427 g/mol. The highest BCUT2D eigenvalue weighted by molar-refractivity contribution is 7.16. The highest BCUT2D eigenvalue weighted by atomic mass is 32.1. The Morgan fingerprint density at radius 3 is 2.48 bits per heavy atom. The van der Waals surface area contributed by atoms with Gasteiger partial charge >= 0.3 is 4.87 Å². The predicted octanol–water partition coefficient (Wildman–Crippen LogP) is 6.10. The van der Waals surface area contributed by atoms with Crippen LogP contribution in [0.4, 0.5) is 0 Å². The molecular weight excluding hydrogens is 404 g/mol. The Balaban J connectivity index is 1.64. The topological polar surface area (TPSA) is 54.9 Å². The van der Waals surface area contributed by atoms with Crippen LogP contribution in [-0.2, 0) is 6.42 Å². The van der Waals surface area contributed by atoms with Gasteiger partial charge in [0.15, 0.2) is 0 Å². The fourth-order valence-electron chi connectivity index (χ4n) is 4.27. The van der Waals surface area contributed by atoms with Crippen LogP contribution in [0.25, 0.3) is 32.2 Å². The summed E-state index contributed by atoms with van der Waals surface area (Å²) in [5, 5.41) is 0.980. The number of aryl methyl sites for hydroxylation is 2. The van der Waals surface area contributed by atoms with Gasteiger partial charge in [0.1, 0.15) is 0 Å². The van der Waals surface area contributed by atoms with Crippen molar-refractivity contribution in [3.8, 4) is 11.1 Å². The van der Waals surface area contributed by atoms with Crippen LogP contribution in [0, 0.1) is 13.8 Å². The summed E-state index contributed by atoms with van der Waals surface area (Å²) in [4.78, 5) is 28.1. The number of aromatic amines is 1. The first-order valence-corrected chi connectivity index (χ1v) is 11.1. The second-order valence-corrected chi connectivity index (χ2v) is 8.94. The summed E-state index contributed by atoms with van der Waals surface area (Å²) in [7, 11) is 0. The third-order valence-electron chi connectivity index (χ3n) is 5.80. The zero-order valence-corrected chi connectivity index (χ0v) is 18.3. The number of nitrogens with zero attached hydrogens (tertiary/aromatic N) is 1. The van der Waals surface area contributed by atoms with E-state index in [2.05, 4.69) is 48.3 Å². The van der Waals surface area contributed by atoms with Crippen LogP contribution in [0.5, 0.6) is 0 Å². The zero-order valence-electron chi connectivity index (χ0n) is 17.4. The Kier molecular flexibility index (Phi) is 4.83. The van der Waals surface area contributed by atoms with Gasteiger partial charge in [0, 0.05) is 23.1 Å². The first-order chi connectivity index (χ1) is 15.0. The van der Waals surface area contributed by atoms with Gasteiger partial charge in [-0.3, -0.25) is 14.2 Å². The molecule has 31 heavy (non-hydrogen) atoms. The van der Waals surface area contributed by atoms with Crippen molar-refractivity contribution in [1.82, 2.24) is 9.55 Å². The van der Waals surface area contributed by atoms with E-state index in [1.54, 1.807) is 0 Å². The summed E-state index contributed by atoms with van der Waals surface area (Å²) >= 11 is 1.17. The number of hydrogen-bond acceptors (Lipinski definition) is 3. The van der Waals surface area contributed by atoms with E-state index in [-0.39, 0.29) is 10.8 Å². The van der Waals surface area contributed by atoms with Crippen molar-refractivity contribution in [1.29, 1.82) is 0 Å². The molecule has 0 unspecified atom stereocenters. The molecule has 4 nitrogen and oxygen atoms in total. The predicted molar refractivity (Wildman–Crippen MR) is 128 cm³/mol. The molecule has 0 atom stereocenters. The lowest BCUT2D eigenvalue weighted by molar-refractivity contribution is 0.0906. The molecule has 0 saturated carbocycles. The monoisotopic (exact) mass is 426 g/mol. The van der Waals surface area contributed by atoms with Gasteiger partial charge in [-0.2, -0.15) is 0 Å². The van der Waals surface area contributed by atoms with Crippen molar-refractivity contribution in [3.63, 3.8) is 0 Å². The van der Waals surface area contributed by atoms with Gasteiger partial charge in [0.25, 0.3) is 0 Å². The van der Waals surface area contributed by atoms with Crippen LogP contribution in [-0.4, -0.2) is 15.5 Å². The molecule has 0 radical (unpaired) electrons. The molecular formula is C26H22N2O2S. The highest BCUT2D eigenvalue weighted by Gasteiger charge is 2.21. The number of carbonyl (C=O) groups excluding carboxylic acids is 1. The van der Waals surface area contributed by atoms with E-state index >= 15 is 0 Å². The molecule has 5 aromatic rings. The molecule has 5 heteroatoms. The Hall–Kier alpha value is -3.44. The van der Waals surface area contributed by atoms with E-state index in [9.17, 15) is 9.59 Å². The SMILES string of the molecule is Cc1ccc(CCC(=O)n2c(C)c(-c3ccccc3)c3cc4[nH]c(=O)sc4cc32)cc1. The first-order valence-electron chi connectivity index (χ1n) is 10.3. The second-order valence-electron chi connectivity index (χ2n) is 7.92. The number of thiazole rings is 1. The third-order valence-corrected chi connectivity index (χ3v) is 6.65. The van der Waals surface area contributed by atoms with Crippen molar-refractivity contribution >= 4 is 38.4 Å². The molecule has 0 aliphatic carbocycles. The van der Waals surface area contributed by atoms with Gasteiger partial charge in [-0.1, -0.05) is 71.5 Å². The van der Waals surface area contributed by atoms with Gasteiger partial charge < -0.3 is 4.98 Å². The van der Waals surface area contributed by atoms with Crippen molar-refractivity contribution in [2.24, 2.45) is 0 Å². The smallest absolute Gasteiger partial charge is 0.305 e. The largest absolute Gasteiger partial charge is 0.312 e. The maximum absolute atomic E-state index is 13.4. The molecule has 2 heterocycles. The van der Waals surface area contributed by atoms with Crippen LogP contribution in [0.3, 0.4) is 0 Å². The van der Waals surface area contributed by atoms with E-state index in [0.717, 1.165) is 43.5 Å². The molecule has 2 aromatic heterocycles. The Labute approximate surface area is 183 Å². The van der Waals surface area contributed by atoms with Gasteiger partial charge in [-0.25, -0.2) is 0 Å². The molecule has 0 aliphatic rings. The molecule has 5 rings (SSSR count). The number of H-pyrrole nitrogens is 1. The molecule has 154 valence electrons. The Bertz CT molecular complexity index is 1470. The molecule has 0 amide bonds. The van der Waals surface area contributed by atoms with Crippen molar-refractivity contribution < 1.29 is 4.79 Å². The fourth-order valence-corrected chi connectivity index (χ4v) is 5.02. The second kappa shape index (κ2) is 7.67. The van der Waals surface area contributed by atoms with E-state index in [1.165, 1.54) is 16.9 Å². The van der Waals surface area contributed by atoms with Gasteiger partial charge in [0.2, 0.25) is 5.91 Å². The maximum atomic E-state index is 13.4.